The molecule has 0 amide bonds. The maximum absolute atomic E-state index is 5.78. The van der Waals surface area contributed by atoms with E-state index in [1.807, 2.05) is 16.9 Å². The van der Waals surface area contributed by atoms with E-state index in [-0.39, 0.29) is 0 Å². The van der Waals surface area contributed by atoms with Crippen LogP contribution in [-0.2, 0) is 6.61 Å². The molecule has 0 atom stereocenters. The highest BCUT2D eigenvalue weighted by Crippen LogP contribution is 2.29. The van der Waals surface area contributed by atoms with Crippen molar-refractivity contribution < 1.29 is 9.47 Å². The van der Waals surface area contributed by atoms with Gasteiger partial charge in [-0.3, -0.25) is 4.68 Å². The van der Waals surface area contributed by atoms with Crippen LogP contribution in [-0.4, -0.2) is 16.9 Å². The predicted octanol–water partition coefficient (Wildman–Crippen LogP) is 3.41. The quantitative estimate of drug-likeness (QED) is 0.793. The van der Waals surface area contributed by atoms with Gasteiger partial charge in [-0.05, 0) is 31.0 Å². The normalized spacial score (nSPS) is 10.9. The smallest absolute Gasteiger partial charge is 0.163 e. The van der Waals surface area contributed by atoms with Crippen molar-refractivity contribution in [1.29, 1.82) is 0 Å². The molecule has 2 aromatic rings. The third kappa shape index (κ3) is 3.68. The number of benzene rings is 1. The monoisotopic (exact) mass is 289 g/mol. The van der Waals surface area contributed by atoms with Crippen LogP contribution in [0.1, 0.15) is 38.4 Å². The van der Waals surface area contributed by atoms with Gasteiger partial charge in [0.15, 0.2) is 11.5 Å². The van der Waals surface area contributed by atoms with Gasteiger partial charge in [-0.15, -0.1) is 0 Å². The lowest BCUT2D eigenvalue weighted by atomic mass is 10.2. The Kier molecular flexibility index (Phi) is 5.09. The summed E-state index contributed by atoms with van der Waals surface area (Å²) in [6.45, 7) is 4.74. The Morgan fingerprint density at radius 1 is 1.19 bits per heavy atom. The standard InChI is InChI=1S/C16H23N3O2/c1-4-14(5-2)19-9-8-13(18-19)11-21-16-10-12(17)6-7-15(16)20-3/h6-10,14H,4-5,11,17H2,1-3H3. The Bertz CT molecular complexity index is 577. The molecule has 0 aliphatic rings. The van der Waals surface area contributed by atoms with Gasteiger partial charge >= 0.3 is 0 Å². The molecule has 1 heterocycles. The molecule has 5 nitrogen and oxygen atoms in total. The fourth-order valence-corrected chi connectivity index (χ4v) is 2.28. The van der Waals surface area contributed by atoms with E-state index in [0.717, 1.165) is 18.5 Å². The topological polar surface area (TPSA) is 62.3 Å². The minimum absolute atomic E-state index is 0.396. The molecule has 0 spiro atoms. The van der Waals surface area contributed by atoms with Gasteiger partial charge < -0.3 is 15.2 Å². The van der Waals surface area contributed by atoms with Gasteiger partial charge in [0.2, 0.25) is 0 Å². The van der Waals surface area contributed by atoms with Crippen molar-refractivity contribution in [2.24, 2.45) is 0 Å². The second-order valence-electron chi connectivity index (χ2n) is 4.96. The van der Waals surface area contributed by atoms with Crippen LogP contribution < -0.4 is 15.2 Å². The van der Waals surface area contributed by atoms with Crippen LogP contribution in [0.4, 0.5) is 5.69 Å². The number of ether oxygens (including phenoxy) is 2. The van der Waals surface area contributed by atoms with Crippen molar-refractivity contribution in [3.05, 3.63) is 36.2 Å². The lowest BCUT2D eigenvalue weighted by Crippen LogP contribution is -2.08. The summed E-state index contributed by atoms with van der Waals surface area (Å²) in [4.78, 5) is 0. The van der Waals surface area contributed by atoms with Crippen molar-refractivity contribution in [3.8, 4) is 11.5 Å². The zero-order valence-electron chi connectivity index (χ0n) is 12.9. The molecule has 1 aromatic carbocycles. The first kappa shape index (κ1) is 15.2. The predicted molar refractivity (Wildman–Crippen MR) is 83.6 cm³/mol. The van der Waals surface area contributed by atoms with Crippen molar-refractivity contribution >= 4 is 5.69 Å². The number of anilines is 1. The van der Waals surface area contributed by atoms with E-state index >= 15 is 0 Å². The molecule has 0 fully saturated rings. The molecule has 1 aromatic heterocycles. The highest BCUT2D eigenvalue weighted by molar-refractivity contribution is 5.51. The first-order valence-electron chi connectivity index (χ1n) is 7.28. The third-order valence-electron chi connectivity index (χ3n) is 3.54. The molecule has 0 unspecified atom stereocenters. The van der Waals surface area contributed by atoms with Crippen molar-refractivity contribution in [2.75, 3.05) is 12.8 Å². The largest absolute Gasteiger partial charge is 0.493 e. The highest BCUT2D eigenvalue weighted by Gasteiger charge is 2.10. The first-order chi connectivity index (χ1) is 10.2. The zero-order valence-corrected chi connectivity index (χ0v) is 12.9. The SMILES string of the molecule is CCC(CC)n1ccc(COc2cc(N)ccc2OC)n1. The number of hydrogen-bond donors (Lipinski definition) is 1. The zero-order chi connectivity index (χ0) is 15.2. The molecule has 0 aliphatic heterocycles. The van der Waals surface area contributed by atoms with Gasteiger partial charge in [-0.2, -0.15) is 5.10 Å². The van der Waals surface area contributed by atoms with Gasteiger partial charge in [-0.1, -0.05) is 13.8 Å². The molecular weight excluding hydrogens is 266 g/mol. The average Bonchev–Trinajstić information content (AvgIpc) is 2.95. The molecule has 21 heavy (non-hydrogen) atoms. The fraction of sp³-hybridized carbons (Fsp3) is 0.438. The van der Waals surface area contributed by atoms with Gasteiger partial charge in [0.1, 0.15) is 6.61 Å². The first-order valence-corrected chi connectivity index (χ1v) is 7.28. The van der Waals surface area contributed by atoms with Crippen LogP contribution in [0.3, 0.4) is 0 Å². The number of rotatable bonds is 7. The molecule has 0 saturated carbocycles. The van der Waals surface area contributed by atoms with E-state index < -0.39 is 0 Å². The highest BCUT2D eigenvalue weighted by atomic mass is 16.5. The van der Waals surface area contributed by atoms with Crippen molar-refractivity contribution in [1.82, 2.24) is 9.78 Å². The van der Waals surface area contributed by atoms with E-state index in [4.69, 9.17) is 15.2 Å². The number of hydrogen-bond acceptors (Lipinski definition) is 4. The van der Waals surface area contributed by atoms with Gasteiger partial charge in [0, 0.05) is 18.0 Å². The Hall–Kier alpha value is -2.17. The second-order valence-corrected chi connectivity index (χ2v) is 4.96. The number of methoxy groups -OCH3 is 1. The minimum atomic E-state index is 0.396. The summed E-state index contributed by atoms with van der Waals surface area (Å²) in [5, 5.41) is 4.56. The minimum Gasteiger partial charge on any atom is -0.493 e. The van der Waals surface area contributed by atoms with E-state index in [2.05, 4.69) is 18.9 Å². The summed E-state index contributed by atoms with van der Waals surface area (Å²) in [5.74, 6) is 1.30. The Morgan fingerprint density at radius 2 is 1.95 bits per heavy atom. The average molecular weight is 289 g/mol. The summed E-state index contributed by atoms with van der Waals surface area (Å²) in [6.07, 6.45) is 4.15. The van der Waals surface area contributed by atoms with Gasteiger partial charge in [0.05, 0.1) is 18.8 Å². The van der Waals surface area contributed by atoms with Crippen molar-refractivity contribution in [3.63, 3.8) is 0 Å². The van der Waals surface area contributed by atoms with Crippen LogP contribution >= 0.6 is 0 Å². The van der Waals surface area contributed by atoms with E-state index in [0.29, 0.717) is 29.8 Å². The summed E-state index contributed by atoms with van der Waals surface area (Å²) in [5.41, 5.74) is 7.32. The number of nitrogen functional groups attached to an aromatic ring is 1. The van der Waals surface area contributed by atoms with Crippen LogP contribution in [0.2, 0.25) is 0 Å². The molecule has 2 N–H and O–H groups in total. The molecule has 5 heteroatoms. The summed E-state index contributed by atoms with van der Waals surface area (Å²) < 4.78 is 13.0. The molecule has 0 radical (unpaired) electrons. The van der Waals surface area contributed by atoms with Crippen LogP contribution in [0.5, 0.6) is 11.5 Å². The Balaban J connectivity index is 2.05. The number of nitrogens with two attached hydrogens (primary N) is 1. The number of aromatic nitrogens is 2. The molecule has 0 saturated heterocycles. The van der Waals surface area contributed by atoms with Crippen LogP contribution in [0, 0.1) is 0 Å². The van der Waals surface area contributed by atoms with Gasteiger partial charge in [0.25, 0.3) is 0 Å². The summed E-state index contributed by atoms with van der Waals surface area (Å²) in [7, 11) is 1.61. The molecule has 114 valence electrons. The Morgan fingerprint density at radius 3 is 2.62 bits per heavy atom. The number of nitrogens with zero attached hydrogens (tertiary/aromatic N) is 2. The second kappa shape index (κ2) is 7.02. The maximum Gasteiger partial charge on any atom is 0.163 e. The maximum atomic E-state index is 5.78. The molecule has 0 aliphatic carbocycles. The lowest BCUT2D eigenvalue weighted by Gasteiger charge is -2.13. The van der Waals surface area contributed by atoms with E-state index in [1.165, 1.54) is 0 Å². The third-order valence-corrected chi connectivity index (χ3v) is 3.54. The molecular formula is C16H23N3O2. The van der Waals surface area contributed by atoms with Crippen LogP contribution in [0.25, 0.3) is 0 Å². The van der Waals surface area contributed by atoms with Gasteiger partial charge in [-0.25, -0.2) is 0 Å². The summed E-state index contributed by atoms with van der Waals surface area (Å²) in [6, 6.07) is 7.77. The summed E-state index contributed by atoms with van der Waals surface area (Å²) >= 11 is 0. The molecule has 0 bridgehead atoms. The Labute approximate surface area is 125 Å². The lowest BCUT2D eigenvalue weighted by molar-refractivity contribution is 0.278. The van der Waals surface area contributed by atoms with E-state index in [1.54, 1.807) is 25.3 Å². The fourth-order valence-electron chi connectivity index (χ4n) is 2.28. The molecule has 2 rings (SSSR count). The van der Waals surface area contributed by atoms with Crippen LogP contribution in [0.15, 0.2) is 30.5 Å². The van der Waals surface area contributed by atoms with Crippen molar-refractivity contribution in [2.45, 2.75) is 39.3 Å². The van der Waals surface area contributed by atoms with E-state index in [9.17, 15) is 0 Å².